The lowest BCUT2D eigenvalue weighted by Crippen LogP contribution is -2.38. The van der Waals surface area contributed by atoms with Gasteiger partial charge in [-0.1, -0.05) is 25.1 Å². The molecule has 0 saturated carbocycles. The van der Waals surface area contributed by atoms with Gasteiger partial charge in [0.15, 0.2) is 0 Å². The molecular weight excluding hydrogens is 252 g/mol. The molecule has 2 N–H and O–H groups in total. The largest absolute Gasteiger partial charge is 0.316 e. The number of amides is 1. The van der Waals surface area contributed by atoms with E-state index < -0.39 is 15.9 Å². The molecule has 5 nitrogen and oxygen atoms in total. The van der Waals surface area contributed by atoms with Crippen LogP contribution in [0.25, 0.3) is 0 Å². The first-order chi connectivity index (χ1) is 8.50. The van der Waals surface area contributed by atoms with Gasteiger partial charge in [0, 0.05) is 6.54 Å². The average Bonchev–Trinajstić information content (AvgIpc) is 2.76. The quantitative estimate of drug-likeness (QED) is 0.829. The maximum atomic E-state index is 12.0. The Kier molecular flexibility index (Phi) is 3.68. The van der Waals surface area contributed by atoms with E-state index in [1.165, 1.54) is 12.1 Å². The van der Waals surface area contributed by atoms with Crippen LogP contribution in [-0.4, -0.2) is 27.4 Å². The number of carbonyl (C=O) groups is 1. The molecule has 1 aromatic carbocycles. The van der Waals surface area contributed by atoms with Gasteiger partial charge in [0.1, 0.15) is 0 Å². The standard InChI is InChI=1S/C12H16N2O3S/c1-9-7-13-8-11(9)12(15)14-18(16,17)10-5-3-2-4-6-10/h2-6,9,11,13H,7-8H2,1H3,(H,14,15). The zero-order chi connectivity index (χ0) is 13.2. The van der Waals surface area contributed by atoms with Gasteiger partial charge in [-0.3, -0.25) is 4.79 Å². The fraction of sp³-hybridized carbons (Fsp3) is 0.417. The van der Waals surface area contributed by atoms with Crippen LogP contribution in [0.1, 0.15) is 6.92 Å². The number of nitrogens with one attached hydrogen (secondary N) is 2. The van der Waals surface area contributed by atoms with Crippen LogP contribution in [0.15, 0.2) is 35.2 Å². The molecule has 1 fully saturated rings. The number of benzene rings is 1. The van der Waals surface area contributed by atoms with Crippen molar-refractivity contribution in [3.05, 3.63) is 30.3 Å². The molecule has 1 amide bonds. The minimum Gasteiger partial charge on any atom is -0.316 e. The van der Waals surface area contributed by atoms with Crippen molar-refractivity contribution in [1.29, 1.82) is 0 Å². The second-order valence-corrected chi connectivity index (χ2v) is 6.21. The molecule has 1 saturated heterocycles. The fourth-order valence-electron chi connectivity index (χ4n) is 2.03. The van der Waals surface area contributed by atoms with Crippen molar-refractivity contribution >= 4 is 15.9 Å². The van der Waals surface area contributed by atoms with Crippen molar-refractivity contribution < 1.29 is 13.2 Å². The van der Waals surface area contributed by atoms with Crippen molar-refractivity contribution in [3.8, 4) is 0 Å². The minimum absolute atomic E-state index is 0.108. The van der Waals surface area contributed by atoms with E-state index in [1.54, 1.807) is 18.2 Å². The fourth-order valence-corrected chi connectivity index (χ4v) is 3.08. The summed E-state index contributed by atoms with van der Waals surface area (Å²) in [5.41, 5.74) is 0. The van der Waals surface area contributed by atoms with Gasteiger partial charge >= 0.3 is 0 Å². The van der Waals surface area contributed by atoms with Crippen LogP contribution in [0.5, 0.6) is 0 Å². The zero-order valence-corrected chi connectivity index (χ0v) is 10.9. The summed E-state index contributed by atoms with van der Waals surface area (Å²) < 4.78 is 26.0. The maximum absolute atomic E-state index is 12.0. The van der Waals surface area contributed by atoms with Gasteiger partial charge < -0.3 is 5.32 Å². The predicted molar refractivity (Wildman–Crippen MR) is 67.3 cm³/mol. The minimum atomic E-state index is -3.75. The first kappa shape index (κ1) is 13.0. The lowest BCUT2D eigenvalue weighted by molar-refractivity contribution is -0.123. The highest BCUT2D eigenvalue weighted by Crippen LogP contribution is 2.17. The summed E-state index contributed by atoms with van der Waals surface area (Å²) in [6.07, 6.45) is 0. The van der Waals surface area contributed by atoms with E-state index in [2.05, 4.69) is 10.0 Å². The van der Waals surface area contributed by atoms with E-state index in [0.29, 0.717) is 6.54 Å². The highest BCUT2D eigenvalue weighted by molar-refractivity contribution is 7.90. The van der Waals surface area contributed by atoms with E-state index in [1.807, 2.05) is 6.92 Å². The Morgan fingerprint density at radius 1 is 1.28 bits per heavy atom. The van der Waals surface area contributed by atoms with Crippen LogP contribution < -0.4 is 10.0 Å². The number of hydrogen-bond acceptors (Lipinski definition) is 4. The lowest BCUT2D eigenvalue weighted by atomic mass is 9.98. The summed E-state index contributed by atoms with van der Waals surface area (Å²) in [6.45, 7) is 3.19. The van der Waals surface area contributed by atoms with Gasteiger partial charge in [0.2, 0.25) is 5.91 Å². The number of sulfonamides is 1. The molecule has 1 aromatic rings. The van der Waals surface area contributed by atoms with E-state index >= 15 is 0 Å². The SMILES string of the molecule is CC1CNCC1C(=O)NS(=O)(=O)c1ccccc1. The Balaban J connectivity index is 2.12. The van der Waals surface area contributed by atoms with Gasteiger partial charge in [-0.2, -0.15) is 0 Å². The van der Waals surface area contributed by atoms with E-state index in [0.717, 1.165) is 6.54 Å². The summed E-state index contributed by atoms with van der Waals surface area (Å²) in [4.78, 5) is 12.0. The highest BCUT2D eigenvalue weighted by Gasteiger charge is 2.32. The van der Waals surface area contributed by atoms with Crippen LogP contribution in [0.3, 0.4) is 0 Å². The van der Waals surface area contributed by atoms with Crippen molar-refractivity contribution in [3.63, 3.8) is 0 Å². The van der Waals surface area contributed by atoms with Crippen LogP contribution in [-0.2, 0) is 14.8 Å². The summed E-state index contributed by atoms with van der Waals surface area (Å²) in [5, 5.41) is 3.07. The van der Waals surface area contributed by atoms with Gasteiger partial charge in [-0.05, 0) is 24.6 Å². The smallest absolute Gasteiger partial charge is 0.264 e. The second kappa shape index (κ2) is 5.07. The van der Waals surface area contributed by atoms with Crippen LogP contribution >= 0.6 is 0 Å². The molecule has 18 heavy (non-hydrogen) atoms. The molecule has 1 aliphatic rings. The molecule has 0 spiro atoms. The van der Waals surface area contributed by atoms with Crippen molar-refractivity contribution in [2.45, 2.75) is 11.8 Å². The van der Waals surface area contributed by atoms with E-state index in [4.69, 9.17) is 0 Å². The van der Waals surface area contributed by atoms with Crippen LogP contribution in [0.4, 0.5) is 0 Å². The molecule has 1 heterocycles. The molecule has 0 aliphatic carbocycles. The van der Waals surface area contributed by atoms with Gasteiger partial charge in [-0.15, -0.1) is 0 Å². The first-order valence-corrected chi connectivity index (χ1v) is 7.31. The van der Waals surface area contributed by atoms with Gasteiger partial charge in [0.25, 0.3) is 10.0 Å². The molecule has 1 aliphatic heterocycles. The molecule has 0 bridgehead atoms. The third kappa shape index (κ3) is 2.70. The molecule has 2 unspecified atom stereocenters. The van der Waals surface area contributed by atoms with E-state index in [9.17, 15) is 13.2 Å². The van der Waals surface area contributed by atoms with Crippen LogP contribution in [0.2, 0.25) is 0 Å². The summed E-state index contributed by atoms with van der Waals surface area (Å²) >= 11 is 0. The predicted octanol–water partition coefficient (Wildman–Crippen LogP) is 0.347. The number of rotatable bonds is 3. The summed E-state index contributed by atoms with van der Waals surface area (Å²) in [6, 6.07) is 7.90. The molecule has 0 radical (unpaired) electrons. The monoisotopic (exact) mass is 268 g/mol. The highest BCUT2D eigenvalue weighted by atomic mass is 32.2. The third-order valence-electron chi connectivity index (χ3n) is 3.14. The van der Waals surface area contributed by atoms with Crippen molar-refractivity contribution in [1.82, 2.24) is 10.0 Å². The third-order valence-corrected chi connectivity index (χ3v) is 4.51. The lowest BCUT2D eigenvalue weighted by Gasteiger charge is -2.14. The Morgan fingerprint density at radius 3 is 2.50 bits per heavy atom. The number of carbonyl (C=O) groups excluding carboxylic acids is 1. The van der Waals surface area contributed by atoms with Gasteiger partial charge in [0.05, 0.1) is 10.8 Å². The molecule has 98 valence electrons. The summed E-state index contributed by atoms with van der Waals surface area (Å²) in [7, 11) is -3.75. The second-order valence-electron chi connectivity index (χ2n) is 4.52. The molecule has 2 atom stereocenters. The zero-order valence-electron chi connectivity index (χ0n) is 10.1. The first-order valence-electron chi connectivity index (χ1n) is 5.83. The van der Waals surface area contributed by atoms with Gasteiger partial charge in [-0.25, -0.2) is 13.1 Å². The summed E-state index contributed by atoms with van der Waals surface area (Å²) in [5.74, 6) is -0.573. The Morgan fingerprint density at radius 2 is 1.94 bits per heavy atom. The molecular formula is C12H16N2O3S. The van der Waals surface area contributed by atoms with Crippen molar-refractivity contribution in [2.75, 3.05) is 13.1 Å². The average molecular weight is 268 g/mol. The molecule has 6 heteroatoms. The topological polar surface area (TPSA) is 75.3 Å². The van der Waals surface area contributed by atoms with Crippen molar-refractivity contribution in [2.24, 2.45) is 11.8 Å². The van der Waals surface area contributed by atoms with E-state index in [-0.39, 0.29) is 16.7 Å². The maximum Gasteiger partial charge on any atom is 0.264 e. The Bertz CT molecular complexity index is 528. The Hall–Kier alpha value is -1.40. The van der Waals surface area contributed by atoms with Crippen LogP contribution in [0, 0.1) is 11.8 Å². The molecule has 2 rings (SSSR count). The normalized spacial score (nSPS) is 23.8. The Labute approximate surface area is 107 Å². The number of hydrogen-bond donors (Lipinski definition) is 2. The molecule has 0 aromatic heterocycles.